The van der Waals surface area contributed by atoms with Gasteiger partial charge in [0.25, 0.3) is 0 Å². The fourth-order valence-corrected chi connectivity index (χ4v) is 2.19. The third kappa shape index (κ3) is 5.68. The van der Waals surface area contributed by atoms with Gasteiger partial charge in [0.15, 0.2) is 0 Å². The van der Waals surface area contributed by atoms with Gasteiger partial charge in [-0.3, -0.25) is 0 Å². The van der Waals surface area contributed by atoms with E-state index in [0.29, 0.717) is 0 Å². The highest BCUT2D eigenvalue weighted by Gasteiger charge is 2.38. The average Bonchev–Trinajstić information content (AvgIpc) is 2.90. The molecule has 7 heteroatoms. The van der Waals surface area contributed by atoms with Crippen molar-refractivity contribution in [3.8, 4) is 0 Å². The fraction of sp³-hybridized carbons (Fsp3) is 0.909. The molecule has 2 rings (SSSR count). The first-order valence-electron chi connectivity index (χ1n) is 6.15. The normalized spacial score (nSPS) is 24.7. The van der Waals surface area contributed by atoms with Gasteiger partial charge >= 0.3 is 12.1 Å². The molecule has 2 N–H and O–H groups in total. The van der Waals surface area contributed by atoms with Crippen molar-refractivity contribution in [2.45, 2.75) is 37.9 Å². The highest BCUT2D eigenvalue weighted by atomic mass is 19.4. The molecule has 2 heterocycles. The van der Waals surface area contributed by atoms with Crippen LogP contribution in [0.3, 0.4) is 0 Å². The predicted octanol–water partition coefficient (Wildman–Crippen LogP) is 1.47. The van der Waals surface area contributed by atoms with Gasteiger partial charge in [0.05, 0.1) is 0 Å². The van der Waals surface area contributed by atoms with Crippen LogP contribution < -0.4 is 5.32 Å². The van der Waals surface area contributed by atoms with E-state index in [-0.39, 0.29) is 0 Å². The van der Waals surface area contributed by atoms with Crippen LogP contribution in [0.5, 0.6) is 0 Å². The van der Waals surface area contributed by atoms with E-state index in [1.165, 1.54) is 51.9 Å². The zero-order valence-corrected chi connectivity index (χ0v) is 10.2. The number of nitrogens with zero attached hydrogens (tertiary/aromatic N) is 1. The van der Waals surface area contributed by atoms with Crippen LogP contribution in [-0.4, -0.2) is 54.4 Å². The topological polar surface area (TPSA) is 52.6 Å². The highest BCUT2D eigenvalue weighted by Crippen LogP contribution is 2.13. The molecule has 0 saturated carbocycles. The molecular formula is C11H19F3N2O2. The van der Waals surface area contributed by atoms with Gasteiger partial charge in [-0.25, -0.2) is 4.79 Å². The summed E-state index contributed by atoms with van der Waals surface area (Å²) in [5, 5.41) is 10.7. The maximum absolute atomic E-state index is 10.6. The second-order valence-corrected chi connectivity index (χ2v) is 4.60. The quantitative estimate of drug-likeness (QED) is 0.796. The van der Waals surface area contributed by atoms with Crippen molar-refractivity contribution in [2.75, 3.05) is 26.2 Å². The molecule has 0 amide bonds. The van der Waals surface area contributed by atoms with E-state index in [2.05, 4.69) is 10.2 Å². The third-order valence-corrected chi connectivity index (χ3v) is 3.08. The van der Waals surface area contributed by atoms with Crippen LogP contribution in [0.1, 0.15) is 25.7 Å². The maximum atomic E-state index is 10.6. The van der Waals surface area contributed by atoms with Crippen LogP contribution in [0.25, 0.3) is 0 Å². The van der Waals surface area contributed by atoms with Crippen molar-refractivity contribution in [1.82, 2.24) is 10.2 Å². The number of hydrogen-bond donors (Lipinski definition) is 2. The van der Waals surface area contributed by atoms with Crippen LogP contribution >= 0.6 is 0 Å². The van der Waals surface area contributed by atoms with Gasteiger partial charge in [-0.15, -0.1) is 0 Å². The Morgan fingerprint density at radius 3 is 2.22 bits per heavy atom. The van der Waals surface area contributed by atoms with Crippen LogP contribution in [0.15, 0.2) is 0 Å². The van der Waals surface area contributed by atoms with Gasteiger partial charge in [0.1, 0.15) is 0 Å². The lowest BCUT2D eigenvalue weighted by Gasteiger charge is -2.19. The average molecular weight is 268 g/mol. The number of nitrogens with one attached hydrogen (secondary N) is 1. The zero-order valence-electron chi connectivity index (χ0n) is 10.2. The SMILES string of the molecule is C1CN[C@H](CN2CCCC2)C1.O=C(O)C(F)(F)F. The summed E-state index contributed by atoms with van der Waals surface area (Å²) in [4.78, 5) is 11.5. The number of carboxylic acids is 1. The fourth-order valence-electron chi connectivity index (χ4n) is 2.19. The van der Waals surface area contributed by atoms with E-state index in [1.807, 2.05) is 0 Å². The number of carbonyl (C=O) groups is 1. The molecule has 0 aliphatic carbocycles. The third-order valence-electron chi connectivity index (χ3n) is 3.08. The Morgan fingerprint density at radius 2 is 1.83 bits per heavy atom. The van der Waals surface area contributed by atoms with Gasteiger partial charge in [0, 0.05) is 12.6 Å². The van der Waals surface area contributed by atoms with E-state index < -0.39 is 12.1 Å². The number of aliphatic carboxylic acids is 1. The number of likely N-dealkylation sites (tertiary alicyclic amines) is 1. The molecule has 0 spiro atoms. The minimum atomic E-state index is -5.08. The first kappa shape index (κ1) is 15.2. The molecule has 18 heavy (non-hydrogen) atoms. The Balaban J connectivity index is 0.000000203. The van der Waals surface area contributed by atoms with E-state index in [1.54, 1.807) is 0 Å². The first-order chi connectivity index (χ1) is 8.39. The van der Waals surface area contributed by atoms with Gasteiger partial charge < -0.3 is 15.3 Å². The van der Waals surface area contributed by atoms with Crippen LogP contribution in [0, 0.1) is 0 Å². The Labute approximate surface area is 104 Å². The number of alkyl halides is 3. The Bertz CT molecular complexity index is 246. The summed E-state index contributed by atoms with van der Waals surface area (Å²) < 4.78 is 31.7. The molecule has 0 aromatic rings. The highest BCUT2D eigenvalue weighted by molar-refractivity contribution is 5.73. The lowest BCUT2D eigenvalue weighted by molar-refractivity contribution is -0.192. The number of carboxylic acid groups (broad SMARTS) is 1. The van der Waals surface area contributed by atoms with E-state index >= 15 is 0 Å². The molecule has 2 aliphatic rings. The monoisotopic (exact) mass is 268 g/mol. The first-order valence-corrected chi connectivity index (χ1v) is 6.15. The summed E-state index contributed by atoms with van der Waals surface area (Å²) in [6.45, 7) is 5.24. The Morgan fingerprint density at radius 1 is 1.28 bits per heavy atom. The van der Waals surface area contributed by atoms with Crippen molar-refractivity contribution in [2.24, 2.45) is 0 Å². The van der Waals surface area contributed by atoms with Gasteiger partial charge in [0.2, 0.25) is 0 Å². The molecule has 0 unspecified atom stereocenters. The molecule has 2 aliphatic heterocycles. The zero-order chi connectivity index (χ0) is 13.6. The maximum Gasteiger partial charge on any atom is 0.490 e. The largest absolute Gasteiger partial charge is 0.490 e. The number of halogens is 3. The van der Waals surface area contributed by atoms with Crippen molar-refractivity contribution < 1.29 is 23.1 Å². The van der Waals surface area contributed by atoms with Gasteiger partial charge in [-0.1, -0.05) is 0 Å². The van der Waals surface area contributed by atoms with Gasteiger partial charge in [-0.05, 0) is 45.3 Å². The second-order valence-electron chi connectivity index (χ2n) is 4.60. The molecule has 2 fully saturated rings. The summed E-state index contributed by atoms with van der Waals surface area (Å²) in [7, 11) is 0. The minimum Gasteiger partial charge on any atom is -0.475 e. The Kier molecular flexibility index (Phi) is 5.87. The molecule has 0 radical (unpaired) electrons. The van der Waals surface area contributed by atoms with Crippen LogP contribution in [0.2, 0.25) is 0 Å². The van der Waals surface area contributed by atoms with Gasteiger partial charge in [-0.2, -0.15) is 13.2 Å². The predicted molar refractivity (Wildman–Crippen MR) is 60.4 cm³/mol. The lowest BCUT2D eigenvalue weighted by Crippen LogP contribution is -2.35. The number of hydrogen-bond acceptors (Lipinski definition) is 3. The summed E-state index contributed by atoms with van der Waals surface area (Å²) in [6, 6.07) is 0.813. The second kappa shape index (κ2) is 6.94. The lowest BCUT2D eigenvalue weighted by atomic mass is 10.2. The van der Waals surface area contributed by atoms with Crippen molar-refractivity contribution in [3.63, 3.8) is 0 Å². The van der Waals surface area contributed by atoms with Crippen LogP contribution in [0.4, 0.5) is 13.2 Å². The number of rotatable bonds is 2. The van der Waals surface area contributed by atoms with Crippen molar-refractivity contribution in [3.05, 3.63) is 0 Å². The van der Waals surface area contributed by atoms with E-state index in [9.17, 15) is 13.2 Å². The molecule has 0 bridgehead atoms. The molecule has 1 atom stereocenters. The molecule has 0 aromatic heterocycles. The standard InChI is InChI=1S/C9H18N2.C2HF3O2/c1-2-7-11(6-1)8-9-4-3-5-10-9;3-2(4,5)1(6)7/h9-10H,1-8H2;(H,6,7)/t9-;/m0./s1. The van der Waals surface area contributed by atoms with E-state index in [4.69, 9.17) is 9.90 Å². The summed E-state index contributed by atoms with van der Waals surface area (Å²) >= 11 is 0. The molecular weight excluding hydrogens is 249 g/mol. The van der Waals surface area contributed by atoms with E-state index in [0.717, 1.165) is 6.04 Å². The van der Waals surface area contributed by atoms with Crippen LogP contribution in [-0.2, 0) is 4.79 Å². The minimum absolute atomic E-state index is 0.813. The summed E-state index contributed by atoms with van der Waals surface area (Å²) in [5.74, 6) is -2.76. The molecule has 2 saturated heterocycles. The summed E-state index contributed by atoms with van der Waals surface area (Å²) in [6.07, 6.45) is 0.550. The summed E-state index contributed by atoms with van der Waals surface area (Å²) in [5.41, 5.74) is 0. The van der Waals surface area contributed by atoms with Crippen molar-refractivity contribution in [1.29, 1.82) is 0 Å². The molecule has 4 nitrogen and oxygen atoms in total. The Hall–Kier alpha value is -0.820. The molecule has 106 valence electrons. The molecule has 0 aromatic carbocycles. The smallest absolute Gasteiger partial charge is 0.475 e. The van der Waals surface area contributed by atoms with Crippen molar-refractivity contribution >= 4 is 5.97 Å².